The van der Waals surface area contributed by atoms with Crippen molar-refractivity contribution in [1.82, 2.24) is 9.97 Å². The number of para-hydroxylation sites is 1. The van der Waals surface area contributed by atoms with Gasteiger partial charge in [0, 0.05) is 24.0 Å². The van der Waals surface area contributed by atoms with Crippen LogP contribution in [0.3, 0.4) is 0 Å². The highest BCUT2D eigenvalue weighted by Crippen LogP contribution is 2.25. The Kier molecular flexibility index (Phi) is 4.26. The fourth-order valence-corrected chi connectivity index (χ4v) is 3.46. The first-order valence-corrected chi connectivity index (χ1v) is 8.60. The van der Waals surface area contributed by atoms with Crippen LogP contribution in [0.1, 0.15) is 9.67 Å². The van der Waals surface area contributed by atoms with Gasteiger partial charge in [-0.1, -0.05) is 12.1 Å². The Morgan fingerprint density at radius 2 is 2.00 bits per heavy atom. The summed E-state index contributed by atoms with van der Waals surface area (Å²) in [5, 5.41) is 1.93. The van der Waals surface area contributed by atoms with Gasteiger partial charge in [0.15, 0.2) is 0 Å². The zero-order valence-electron chi connectivity index (χ0n) is 13.2. The van der Waals surface area contributed by atoms with Gasteiger partial charge in [-0.2, -0.15) is 0 Å². The molecule has 3 aromatic heterocycles. The molecule has 3 heterocycles. The number of fused-ring (bicyclic) bond motifs is 2. The lowest BCUT2D eigenvalue weighted by molar-refractivity contribution is 0.0457. The summed E-state index contributed by atoms with van der Waals surface area (Å²) in [6, 6.07) is 13.3. The van der Waals surface area contributed by atoms with Crippen molar-refractivity contribution in [3.8, 4) is 5.75 Å². The number of pyridine rings is 2. The van der Waals surface area contributed by atoms with Gasteiger partial charge in [0.25, 0.3) is 0 Å². The first-order chi connectivity index (χ1) is 12.3. The number of esters is 1. The molecule has 4 aromatic rings. The van der Waals surface area contributed by atoms with E-state index < -0.39 is 0 Å². The van der Waals surface area contributed by atoms with E-state index in [0.717, 1.165) is 26.7 Å². The minimum Gasteiger partial charge on any atom is -0.489 e. The molecule has 0 radical (unpaired) electrons. The maximum Gasteiger partial charge on any atom is 0.348 e. The highest BCUT2D eigenvalue weighted by atomic mass is 32.1. The molecule has 0 aliphatic rings. The number of rotatable bonds is 5. The van der Waals surface area contributed by atoms with Crippen LogP contribution < -0.4 is 4.74 Å². The van der Waals surface area contributed by atoms with E-state index in [-0.39, 0.29) is 19.2 Å². The van der Waals surface area contributed by atoms with Gasteiger partial charge in [-0.15, -0.1) is 11.3 Å². The van der Waals surface area contributed by atoms with Crippen LogP contribution in [0.2, 0.25) is 0 Å². The van der Waals surface area contributed by atoms with E-state index in [1.807, 2.05) is 42.5 Å². The summed E-state index contributed by atoms with van der Waals surface area (Å²) in [6.07, 6.45) is 5.15. The molecule has 0 unspecified atom stereocenters. The van der Waals surface area contributed by atoms with Crippen LogP contribution in [0, 0.1) is 0 Å². The predicted octanol–water partition coefficient (Wildman–Crippen LogP) is 4.08. The molecule has 0 bridgehead atoms. The smallest absolute Gasteiger partial charge is 0.348 e. The van der Waals surface area contributed by atoms with Crippen LogP contribution in [0.25, 0.3) is 21.0 Å². The van der Waals surface area contributed by atoms with Crippen LogP contribution in [0.15, 0.2) is 61.1 Å². The first-order valence-electron chi connectivity index (χ1n) is 7.78. The molecular formula is C19H14N2O3S. The van der Waals surface area contributed by atoms with Crippen LogP contribution in [0.4, 0.5) is 0 Å². The van der Waals surface area contributed by atoms with E-state index in [4.69, 9.17) is 9.47 Å². The van der Waals surface area contributed by atoms with E-state index in [0.29, 0.717) is 4.88 Å². The Morgan fingerprint density at radius 1 is 1.08 bits per heavy atom. The van der Waals surface area contributed by atoms with Gasteiger partial charge in [0.1, 0.15) is 23.8 Å². The van der Waals surface area contributed by atoms with Crippen molar-refractivity contribution >= 4 is 38.3 Å². The van der Waals surface area contributed by atoms with Gasteiger partial charge in [0.2, 0.25) is 0 Å². The minimum absolute atomic E-state index is 0.183. The van der Waals surface area contributed by atoms with Crippen molar-refractivity contribution in [3.63, 3.8) is 0 Å². The number of carbonyl (C=O) groups excluding carboxylic acids is 1. The fourth-order valence-electron chi connectivity index (χ4n) is 2.54. The van der Waals surface area contributed by atoms with E-state index in [1.165, 1.54) is 11.3 Å². The molecule has 0 fully saturated rings. The van der Waals surface area contributed by atoms with Gasteiger partial charge in [-0.3, -0.25) is 9.97 Å². The molecule has 0 atom stereocenters. The normalized spacial score (nSPS) is 10.9. The summed E-state index contributed by atoms with van der Waals surface area (Å²) in [5.74, 6) is 0.388. The monoisotopic (exact) mass is 350 g/mol. The summed E-state index contributed by atoms with van der Waals surface area (Å²) in [5.41, 5.74) is 0.871. The number of ether oxygens (including phenoxy) is 2. The number of carbonyl (C=O) groups is 1. The zero-order chi connectivity index (χ0) is 17.1. The molecule has 0 N–H and O–H groups in total. The fraction of sp³-hybridized carbons (Fsp3) is 0.105. The molecule has 6 heteroatoms. The average Bonchev–Trinajstić information content (AvgIpc) is 3.09. The molecule has 5 nitrogen and oxygen atoms in total. The second-order valence-corrected chi connectivity index (χ2v) is 6.42. The maximum atomic E-state index is 12.1. The molecule has 25 heavy (non-hydrogen) atoms. The lowest BCUT2D eigenvalue weighted by atomic mass is 10.2. The number of thiophene rings is 1. The van der Waals surface area contributed by atoms with Crippen LogP contribution in [-0.4, -0.2) is 29.2 Å². The molecule has 0 saturated carbocycles. The predicted molar refractivity (Wildman–Crippen MR) is 97.1 cm³/mol. The van der Waals surface area contributed by atoms with Gasteiger partial charge in [-0.05, 0) is 35.7 Å². The second kappa shape index (κ2) is 6.86. The van der Waals surface area contributed by atoms with Crippen molar-refractivity contribution in [2.75, 3.05) is 13.2 Å². The first kappa shape index (κ1) is 15.5. The molecule has 0 aliphatic carbocycles. The van der Waals surface area contributed by atoms with Gasteiger partial charge in [0.05, 0.1) is 10.2 Å². The molecule has 1 aromatic carbocycles. The number of aromatic nitrogens is 2. The zero-order valence-corrected chi connectivity index (χ0v) is 14.0. The molecule has 0 aliphatic heterocycles. The van der Waals surface area contributed by atoms with Gasteiger partial charge < -0.3 is 9.47 Å². The minimum atomic E-state index is -0.343. The maximum absolute atomic E-state index is 12.1. The SMILES string of the molecule is O=C(OCCOc1ccnc2ccccc12)c1cc2ccncc2s1. The Balaban J connectivity index is 1.36. The van der Waals surface area contributed by atoms with Gasteiger partial charge >= 0.3 is 5.97 Å². The van der Waals surface area contributed by atoms with Crippen LogP contribution in [-0.2, 0) is 4.74 Å². The summed E-state index contributed by atoms with van der Waals surface area (Å²) in [7, 11) is 0. The summed E-state index contributed by atoms with van der Waals surface area (Å²) < 4.78 is 12.0. The quantitative estimate of drug-likeness (QED) is 0.401. The number of benzene rings is 1. The van der Waals surface area contributed by atoms with E-state index in [9.17, 15) is 4.79 Å². The molecule has 0 spiro atoms. The topological polar surface area (TPSA) is 61.3 Å². The summed E-state index contributed by atoms with van der Waals surface area (Å²) >= 11 is 1.38. The van der Waals surface area contributed by atoms with Crippen molar-refractivity contribution in [2.24, 2.45) is 0 Å². The Labute approximate surface area is 147 Å². The highest BCUT2D eigenvalue weighted by Gasteiger charge is 2.11. The molecule has 4 rings (SSSR count). The lowest BCUT2D eigenvalue weighted by Crippen LogP contribution is -2.11. The third-order valence-electron chi connectivity index (χ3n) is 3.71. The van der Waals surface area contributed by atoms with Gasteiger partial charge in [-0.25, -0.2) is 4.79 Å². The second-order valence-electron chi connectivity index (χ2n) is 5.33. The highest BCUT2D eigenvalue weighted by molar-refractivity contribution is 7.20. The number of hydrogen-bond donors (Lipinski definition) is 0. The Bertz CT molecular complexity index is 1010. The van der Waals surface area contributed by atoms with Crippen molar-refractivity contribution in [2.45, 2.75) is 0 Å². The van der Waals surface area contributed by atoms with E-state index in [2.05, 4.69) is 9.97 Å². The van der Waals surface area contributed by atoms with Crippen molar-refractivity contribution < 1.29 is 14.3 Å². The standard InChI is InChI=1S/C19H14N2O3S/c22-19(17-11-13-5-7-20-12-18(13)25-17)24-10-9-23-16-6-8-21-15-4-2-1-3-14(15)16/h1-8,11-12H,9-10H2. The molecule has 124 valence electrons. The molecule has 0 amide bonds. The number of nitrogens with zero attached hydrogens (tertiary/aromatic N) is 2. The molecular weight excluding hydrogens is 336 g/mol. The van der Waals surface area contributed by atoms with Crippen LogP contribution >= 0.6 is 11.3 Å². The van der Waals surface area contributed by atoms with E-state index >= 15 is 0 Å². The van der Waals surface area contributed by atoms with Crippen molar-refractivity contribution in [3.05, 3.63) is 65.9 Å². The third-order valence-corrected chi connectivity index (χ3v) is 4.77. The Morgan fingerprint density at radius 3 is 2.92 bits per heavy atom. The lowest BCUT2D eigenvalue weighted by Gasteiger charge is -2.09. The number of hydrogen-bond acceptors (Lipinski definition) is 6. The largest absolute Gasteiger partial charge is 0.489 e. The van der Waals surface area contributed by atoms with E-state index in [1.54, 1.807) is 18.6 Å². The summed E-state index contributed by atoms with van der Waals surface area (Å²) in [6.45, 7) is 0.466. The Hall–Kier alpha value is -2.99. The molecule has 0 saturated heterocycles. The van der Waals surface area contributed by atoms with Crippen molar-refractivity contribution in [1.29, 1.82) is 0 Å². The summed E-state index contributed by atoms with van der Waals surface area (Å²) in [4.78, 5) is 21.0. The third kappa shape index (κ3) is 3.29. The average molecular weight is 350 g/mol. The van der Waals surface area contributed by atoms with Crippen LogP contribution in [0.5, 0.6) is 5.75 Å².